The van der Waals surface area contributed by atoms with Crippen LogP contribution in [0.2, 0.25) is 0 Å². The highest BCUT2D eigenvalue weighted by Gasteiger charge is 2.50. The predicted octanol–water partition coefficient (Wildman–Crippen LogP) is -4.41. The van der Waals surface area contributed by atoms with Crippen molar-refractivity contribution in [2.45, 2.75) is 87.0 Å². The van der Waals surface area contributed by atoms with Crippen LogP contribution in [0, 0.1) is 0 Å². The summed E-state index contributed by atoms with van der Waals surface area (Å²) in [4.78, 5) is 23.3. The van der Waals surface area contributed by atoms with E-state index in [-0.39, 0.29) is 12.3 Å². The molecule has 0 unspecified atom stereocenters. The summed E-state index contributed by atoms with van der Waals surface area (Å²) < 4.78 is 16.2. The molecule has 10 atom stereocenters. The second kappa shape index (κ2) is 14.1. The molecule has 2 aliphatic heterocycles. The zero-order valence-electron chi connectivity index (χ0n) is 19.2. The molecule has 202 valence electrons. The lowest BCUT2D eigenvalue weighted by Gasteiger charge is -2.46. The first-order chi connectivity index (χ1) is 16.6. The number of rotatable bonds is 12. The van der Waals surface area contributed by atoms with Gasteiger partial charge in [-0.3, -0.25) is 9.59 Å². The molecule has 14 nitrogen and oxygen atoms in total. The molecule has 2 fully saturated rings. The molecule has 2 amide bonds. The second-order valence-electron chi connectivity index (χ2n) is 8.43. The van der Waals surface area contributed by atoms with Crippen molar-refractivity contribution in [2.75, 3.05) is 19.8 Å². The third-order valence-electron chi connectivity index (χ3n) is 5.87. The molecule has 0 spiro atoms. The van der Waals surface area contributed by atoms with Gasteiger partial charge in [0, 0.05) is 13.0 Å². The Morgan fingerprint density at radius 3 is 2.17 bits per heavy atom. The highest BCUT2D eigenvalue weighted by Crippen LogP contribution is 2.28. The van der Waals surface area contributed by atoms with Gasteiger partial charge in [0.05, 0.1) is 13.2 Å². The monoisotopic (exact) mass is 508 g/mol. The largest absolute Gasteiger partial charge is 0.394 e. The van der Waals surface area contributed by atoms with E-state index in [4.69, 9.17) is 14.2 Å². The van der Waals surface area contributed by atoms with Gasteiger partial charge in [-0.05, 0) is 18.9 Å². The number of ether oxygens (including phenoxy) is 3. The van der Waals surface area contributed by atoms with E-state index in [9.17, 15) is 45.3 Å². The molecule has 0 saturated carbocycles. The van der Waals surface area contributed by atoms with E-state index in [1.54, 1.807) is 0 Å². The summed E-state index contributed by atoms with van der Waals surface area (Å²) in [5.41, 5.74) is 0. The number of nitrogens with one attached hydrogen (secondary N) is 2. The van der Waals surface area contributed by atoms with E-state index < -0.39 is 80.5 Å². The van der Waals surface area contributed by atoms with Crippen LogP contribution in [0.15, 0.2) is 12.7 Å². The molecule has 9 N–H and O–H groups in total. The Hall–Kier alpha value is -1.72. The summed E-state index contributed by atoms with van der Waals surface area (Å²) in [6.45, 7) is 2.39. The Morgan fingerprint density at radius 1 is 0.857 bits per heavy atom. The van der Waals surface area contributed by atoms with Crippen LogP contribution in [0.25, 0.3) is 0 Å². The Labute approximate surface area is 202 Å². The lowest BCUT2D eigenvalue weighted by atomic mass is 9.96. The minimum absolute atomic E-state index is 0.0900. The Balaban J connectivity index is 1.87. The van der Waals surface area contributed by atoms with Crippen molar-refractivity contribution in [3.05, 3.63) is 12.7 Å². The molecule has 0 aromatic rings. The molecule has 0 aliphatic carbocycles. The average Bonchev–Trinajstić information content (AvgIpc) is 2.85. The summed E-state index contributed by atoms with van der Waals surface area (Å²) in [5.74, 6) is -0.752. The average molecular weight is 509 g/mol. The molecule has 0 radical (unpaired) electrons. The van der Waals surface area contributed by atoms with Gasteiger partial charge >= 0.3 is 0 Å². The lowest BCUT2D eigenvalue weighted by molar-refractivity contribution is -0.343. The van der Waals surface area contributed by atoms with Gasteiger partial charge in [-0.15, -0.1) is 0 Å². The van der Waals surface area contributed by atoms with Crippen molar-refractivity contribution < 1.29 is 59.5 Å². The molecule has 0 aromatic carbocycles. The molecule has 0 aromatic heterocycles. The fourth-order valence-corrected chi connectivity index (χ4v) is 3.81. The lowest BCUT2D eigenvalue weighted by Crippen LogP contribution is -2.66. The van der Waals surface area contributed by atoms with Gasteiger partial charge in [0.15, 0.2) is 12.5 Å². The SMILES string of the molecule is C=CC(=O)NCCCCCC(=O)N[C@@H]1O[C@H](CO)[C@@H](O[C@@H]2O[C@H](CO)[C@H](O)[C@H](O)[C@H]2O)[C@H](O)[C@H]1O. The van der Waals surface area contributed by atoms with Crippen molar-refractivity contribution in [3.63, 3.8) is 0 Å². The van der Waals surface area contributed by atoms with Gasteiger partial charge in [-0.25, -0.2) is 0 Å². The van der Waals surface area contributed by atoms with Crippen molar-refractivity contribution in [1.29, 1.82) is 0 Å². The number of carbonyl (C=O) groups excluding carboxylic acids is 2. The fraction of sp³-hybridized carbons (Fsp3) is 0.810. The van der Waals surface area contributed by atoms with Gasteiger partial charge in [0.1, 0.15) is 48.8 Å². The highest BCUT2D eigenvalue weighted by atomic mass is 16.7. The van der Waals surface area contributed by atoms with Gasteiger partial charge in [0.25, 0.3) is 0 Å². The van der Waals surface area contributed by atoms with Crippen LogP contribution in [0.1, 0.15) is 25.7 Å². The van der Waals surface area contributed by atoms with Crippen molar-refractivity contribution in [2.24, 2.45) is 0 Å². The quantitative estimate of drug-likeness (QED) is 0.0899. The van der Waals surface area contributed by atoms with Crippen LogP contribution < -0.4 is 10.6 Å². The van der Waals surface area contributed by atoms with Crippen LogP contribution in [0.5, 0.6) is 0 Å². The van der Waals surface area contributed by atoms with Crippen LogP contribution in [-0.4, -0.2) is 129 Å². The van der Waals surface area contributed by atoms with Gasteiger partial charge < -0.3 is 60.6 Å². The molecule has 2 aliphatic rings. The first-order valence-corrected chi connectivity index (χ1v) is 11.4. The molecule has 2 saturated heterocycles. The normalized spacial score (nSPS) is 37.5. The molecule has 2 rings (SSSR count). The maximum atomic E-state index is 12.2. The van der Waals surface area contributed by atoms with Gasteiger partial charge in [-0.1, -0.05) is 13.0 Å². The smallest absolute Gasteiger partial charge is 0.243 e. The second-order valence-corrected chi connectivity index (χ2v) is 8.43. The predicted molar refractivity (Wildman–Crippen MR) is 116 cm³/mol. The zero-order valence-corrected chi connectivity index (χ0v) is 19.2. The van der Waals surface area contributed by atoms with E-state index in [1.807, 2.05) is 0 Å². The van der Waals surface area contributed by atoms with Crippen molar-refractivity contribution in [1.82, 2.24) is 10.6 Å². The van der Waals surface area contributed by atoms with E-state index in [2.05, 4.69) is 17.2 Å². The molecular weight excluding hydrogens is 472 g/mol. The molecular formula is C21H36N2O12. The molecule has 35 heavy (non-hydrogen) atoms. The fourth-order valence-electron chi connectivity index (χ4n) is 3.81. The number of aliphatic hydroxyl groups is 7. The minimum atomic E-state index is -1.76. The molecule has 14 heteroatoms. The van der Waals surface area contributed by atoms with Crippen LogP contribution >= 0.6 is 0 Å². The van der Waals surface area contributed by atoms with Crippen LogP contribution in [-0.2, 0) is 23.8 Å². The van der Waals surface area contributed by atoms with E-state index in [0.717, 1.165) is 6.08 Å². The molecule has 2 heterocycles. The number of hydrogen-bond acceptors (Lipinski definition) is 12. The standard InChI is InChI=1S/C21H36N2O12/c1-2-12(26)22-7-5-3-4-6-13(27)23-20-17(31)16(30)19(11(9-25)33-20)35-21-18(32)15(29)14(28)10(8-24)34-21/h2,10-11,14-21,24-25,28-32H,1,3-9H2,(H,22,26)(H,23,27)/t10-,11-,14+,15+,16-,17-,18-,19-,20-,21+/m1/s1. The van der Waals surface area contributed by atoms with Crippen LogP contribution in [0.3, 0.4) is 0 Å². The third-order valence-corrected chi connectivity index (χ3v) is 5.87. The maximum absolute atomic E-state index is 12.2. The van der Waals surface area contributed by atoms with Gasteiger partial charge in [-0.2, -0.15) is 0 Å². The van der Waals surface area contributed by atoms with Crippen molar-refractivity contribution >= 4 is 11.8 Å². The third kappa shape index (κ3) is 7.88. The van der Waals surface area contributed by atoms with Gasteiger partial charge in [0.2, 0.25) is 11.8 Å². The summed E-state index contributed by atoms with van der Waals surface area (Å²) in [7, 11) is 0. The summed E-state index contributed by atoms with van der Waals surface area (Å²) in [5, 5.41) is 75.0. The first kappa shape index (κ1) is 29.5. The number of amides is 2. The maximum Gasteiger partial charge on any atom is 0.243 e. The Bertz CT molecular complexity index is 693. The first-order valence-electron chi connectivity index (χ1n) is 11.4. The zero-order chi connectivity index (χ0) is 26.1. The van der Waals surface area contributed by atoms with Crippen molar-refractivity contribution in [3.8, 4) is 0 Å². The molecule has 0 bridgehead atoms. The Kier molecular flexibility index (Phi) is 11.9. The van der Waals surface area contributed by atoms with Crippen LogP contribution in [0.4, 0.5) is 0 Å². The summed E-state index contributed by atoms with van der Waals surface area (Å²) >= 11 is 0. The number of carbonyl (C=O) groups is 2. The topological polar surface area (TPSA) is 227 Å². The van der Waals surface area contributed by atoms with E-state index >= 15 is 0 Å². The number of aliphatic hydroxyl groups excluding tert-OH is 7. The summed E-state index contributed by atoms with van der Waals surface area (Å²) in [6.07, 6.45) is -12.4. The number of hydrogen-bond donors (Lipinski definition) is 9. The number of unbranched alkanes of at least 4 members (excludes halogenated alkanes) is 2. The van der Waals surface area contributed by atoms with E-state index in [1.165, 1.54) is 0 Å². The highest BCUT2D eigenvalue weighted by molar-refractivity contribution is 5.86. The van der Waals surface area contributed by atoms with E-state index in [0.29, 0.717) is 25.8 Å². The minimum Gasteiger partial charge on any atom is -0.394 e. The summed E-state index contributed by atoms with van der Waals surface area (Å²) in [6, 6.07) is 0. The Morgan fingerprint density at radius 2 is 1.54 bits per heavy atom.